The maximum atomic E-state index is 12.9. The molecular weight excluding hydrogens is 263 g/mol. The van der Waals surface area contributed by atoms with Crippen LogP contribution in [0.3, 0.4) is 0 Å². The lowest BCUT2D eigenvalue weighted by molar-refractivity contribution is -0.116. The van der Waals surface area contributed by atoms with Gasteiger partial charge in [0.1, 0.15) is 18.1 Å². The number of hydrogen-bond acceptors (Lipinski definition) is 2. The molecule has 0 fully saturated rings. The standard InChI is InChI=1S/C14H13FN2O3/c1-9-7-10(15)4-5-11(9)16-13(18)8-17-6-2-3-12(17)14(19)20/h2-7H,8H2,1H3,(H,16,18)(H,19,20). The number of carbonyl (C=O) groups excluding carboxylic acids is 1. The second-order valence-corrected chi connectivity index (χ2v) is 4.33. The second kappa shape index (κ2) is 5.56. The normalized spacial score (nSPS) is 10.3. The van der Waals surface area contributed by atoms with Gasteiger partial charge in [0.15, 0.2) is 0 Å². The van der Waals surface area contributed by atoms with Gasteiger partial charge in [-0.15, -0.1) is 0 Å². The fourth-order valence-electron chi connectivity index (χ4n) is 1.86. The van der Waals surface area contributed by atoms with Gasteiger partial charge in [0.25, 0.3) is 0 Å². The van der Waals surface area contributed by atoms with E-state index in [2.05, 4.69) is 5.32 Å². The number of rotatable bonds is 4. The number of aryl methyl sites for hydroxylation is 1. The van der Waals surface area contributed by atoms with Crippen LogP contribution in [0.4, 0.5) is 10.1 Å². The molecule has 1 heterocycles. The number of nitrogens with zero attached hydrogens (tertiary/aromatic N) is 1. The number of halogens is 1. The lowest BCUT2D eigenvalue weighted by Crippen LogP contribution is -2.21. The molecule has 0 aliphatic carbocycles. The lowest BCUT2D eigenvalue weighted by Gasteiger charge is -2.10. The zero-order chi connectivity index (χ0) is 14.7. The van der Waals surface area contributed by atoms with Gasteiger partial charge in [0.05, 0.1) is 0 Å². The Labute approximate surface area is 114 Å². The minimum atomic E-state index is -1.10. The summed E-state index contributed by atoms with van der Waals surface area (Å²) >= 11 is 0. The molecule has 0 saturated heterocycles. The smallest absolute Gasteiger partial charge is 0.352 e. The van der Waals surface area contributed by atoms with Gasteiger partial charge < -0.3 is 15.0 Å². The van der Waals surface area contributed by atoms with Gasteiger partial charge >= 0.3 is 5.97 Å². The first kappa shape index (κ1) is 13.8. The Morgan fingerprint density at radius 1 is 1.35 bits per heavy atom. The summed E-state index contributed by atoms with van der Waals surface area (Å²) in [5, 5.41) is 11.6. The van der Waals surface area contributed by atoms with Crippen molar-refractivity contribution >= 4 is 17.6 Å². The zero-order valence-electron chi connectivity index (χ0n) is 10.8. The van der Waals surface area contributed by atoms with Crippen LogP contribution in [0.5, 0.6) is 0 Å². The number of benzene rings is 1. The number of carboxylic acids is 1. The van der Waals surface area contributed by atoms with Crippen LogP contribution in [0, 0.1) is 12.7 Å². The molecule has 0 aliphatic rings. The Morgan fingerprint density at radius 3 is 2.75 bits per heavy atom. The van der Waals surface area contributed by atoms with Crippen molar-refractivity contribution in [1.29, 1.82) is 0 Å². The summed E-state index contributed by atoms with van der Waals surface area (Å²) in [5.74, 6) is -1.85. The molecule has 0 spiro atoms. The highest BCUT2D eigenvalue weighted by molar-refractivity contribution is 5.92. The highest BCUT2D eigenvalue weighted by atomic mass is 19.1. The van der Waals surface area contributed by atoms with Gasteiger partial charge in [0, 0.05) is 11.9 Å². The molecule has 2 rings (SSSR count). The van der Waals surface area contributed by atoms with Crippen LogP contribution < -0.4 is 5.32 Å². The van der Waals surface area contributed by atoms with Crippen LogP contribution in [-0.4, -0.2) is 21.6 Å². The number of hydrogen-bond donors (Lipinski definition) is 2. The number of aromatic carboxylic acids is 1. The van der Waals surface area contributed by atoms with Crippen LogP contribution in [-0.2, 0) is 11.3 Å². The number of amides is 1. The first-order valence-electron chi connectivity index (χ1n) is 5.92. The number of aromatic nitrogens is 1. The molecule has 1 amide bonds. The predicted molar refractivity (Wildman–Crippen MR) is 71.2 cm³/mol. The van der Waals surface area contributed by atoms with Crippen molar-refractivity contribution in [3.8, 4) is 0 Å². The van der Waals surface area contributed by atoms with E-state index in [1.165, 1.54) is 35.0 Å². The fraction of sp³-hybridized carbons (Fsp3) is 0.143. The van der Waals surface area contributed by atoms with E-state index in [9.17, 15) is 14.0 Å². The maximum Gasteiger partial charge on any atom is 0.352 e. The van der Waals surface area contributed by atoms with Gasteiger partial charge in [-0.05, 0) is 42.8 Å². The zero-order valence-corrected chi connectivity index (χ0v) is 10.8. The van der Waals surface area contributed by atoms with Gasteiger partial charge in [-0.1, -0.05) is 0 Å². The monoisotopic (exact) mass is 276 g/mol. The highest BCUT2D eigenvalue weighted by Gasteiger charge is 2.12. The summed E-state index contributed by atoms with van der Waals surface area (Å²) < 4.78 is 14.3. The van der Waals surface area contributed by atoms with Crippen molar-refractivity contribution in [3.63, 3.8) is 0 Å². The molecule has 1 aromatic heterocycles. The fourth-order valence-corrected chi connectivity index (χ4v) is 1.86. The van der Waals surface area contributed by atoms with Crippen LogP contribution in [0.1, 0.15) is 16.1 Å². The van der Waals surface area contributed by atoms with Gasteiger partial charge in [-0.2, -0.15) is 0 Å². The molecule has 0 bridgehead atoms. The molecule has 0 aliphatic heterocycles. The minimum Gasteiger partial charge on any atom is -0.477 e. The van der Waals surface area contributed by atoms with E-state index in [0.29, 0.717) is 11.3 Å². The molecule has 2 N–H and O–H groups in total. The largest absolute Gasteiger partial charge is 0.477 e. The maximum absolute atomic E-state index is 12.9. The first-order valence-corrected chi connectivity index (χ1v) is 5.92. The predicted octanol–water partition coefficient (Wildman–Crippen LogP) is 2.27. The average Bonchev–Trinajstić information content (AvgIpc) is 2.81. The lowest BCUT2D eigenvalue weighted by atomic mass is 10.2. The summed E-state index contributed by atoms with van der Waals surface area (Å²) in [4.78, 5) is 22.8. The van der Waals surface area contributed by atoms with E-state index in [1.807, 2.05) is 0 Å². The van der Waals surface area contributed by atoms with Crippen molar-refractivity contribution < 1.29 is 19.1 Å². The first-order chi connectivity index (χ1) is 9.47. The summed E-state index contributed by atoms with van der Waals surface area (Å²) in [6.07, 6.45) is 1.51. The van der Waals surface area contributed by atoms with Crippen molar-refractivity contribution in [2.24, 2.45) is 0 Å². The molecule has 0 atom stereocenters. The quantitative estimate of drug-likeness (QED) is 0.899. The van der Waals surface area contributed by atoms with Crippen molar-refractivity contribution in [2.45, 2.75) is 13.5 Å². The molecule has 6 heteroatoms. The molecule has 0 saturated carbocycles. The molecular formula is C14H13FN2O3. The van der Waals surface area contributed by atoms with E-state index in [-0.39, 0.29) is 24.0 Å². The molecule has 1 aromatic carbocycles. The molecule has 20 heavy (non-hydrogen) atoms. The van der Waals surface area contributed by atoms with E-state index in [0.717, 1.165) is 0 Å². The van der Waals surface area contributed by atoms with Gasteiger partial charge in [-0.3, -0.25) is 4.79 Å². The third kappa shape index (κ3) is 3.03. The summed E-state index contributed by atoms with van der Waals surface area (Å²) in [5.41, 5.74) is 1.14. The van der Waals surface area contributed by atoms with Crippen LogP contribution in [0.2, 0.25) is 0 Å². The summed E-state index contributed by atoms with van der Waals surface area (Å²) in [6, 6.07) is 7.00. The van der Waals surface area contributed by atoms with E-state index >= 15 is 0 Å². The number of anilines is 1. The minimum absolute atomic E-state index is 0.0379. The highest BCUT2D eigenvalue weighted by Crippen LogP contribution is 2.15. The SMILES string of the molecule is Cc1cc(F)ccc1NC(=O)Cn1cccc1C(=O)O. The third-order valence-corrected chi connectivity index (χ3v) is 2.83. The Hall–Kier alpha value is -2.63. The van der Waals surface area contributed by atoms with E-state index in [4.69, 9.17) is 5.11 Å². The molecule has 0 radical (unpaired) electrons. The second-order valence-electron chi connectivity index (χ2n) is 4.33. The van der Waals surface area contributed by atoms with Gasteiger partial charge in [0.2, 0.25) is 5.91 Å². The molecule has 0 unspecified atom stereocenters. The number of nitrogens with one attached hydrogen (secondary N) is 1. The van der Waals surface area contributed by atoms with Crippen molar-refractivity contribution in [3.05, 3.63) is 53.6 Å². The van der Waals surface area contributed by atoms with Crippen LogP contribution >= 0.6 is 0 Å². The summed E-state index contributed by atoms with van der Waals surface area (Å²) in [7, 11) is 0. The third-order valence-electron chi connectivity index (χ3n) is 2.83. The van der Waals surface area contributed by atoms with Gasteiger partial charge in [-0.25, -0.2) is 9.18 Å². The van der Waals surface area contributed by atoms with Crippen molar-refractivity contribution in [1.82, 2.24) is 4.57 Å². The number of carboxylic acid groups (broad SMARTS) is 1. The molecule has 2 aromatic rings. The summed E-state index contributed by atoms with van der Waals surface area (Å²) in [6.45, 7) is 1.56. The average molecular weight is 276 g/mol. The Balaban J connectivity index is 2.09. The Morgan fingerprint density at radius 2 is 2.10 bits per heavy atom. The van der Waals surface area contributed by atoms with Crippen LogP contribution in [0.15, 0.2) is 36.5 Å². The van der Waals surface area contributed by atoms with E-state index in [1.54, 1.807) is 13.0 Å². The molecule has 104 valence electrons. The van der Waals surface area contributed by atoms with Crippen molar-refractivity contribution in [2.75, 3.05) is 5.32 Å². The topological polar surface area (TPSA) is 71.3 Å². The number of carbonyl (C=O) groups is 2. The Kier molecular flexibility index (Phi) is 3.84. The Bertz CT molecular complexity index is 664. The molecule has 5 nitrogen and oxygen atoms in total. The van der Waals surface area contributed by atoms with E-state index < -0.39 is 5.97 Å². The van der Waals surface area contributed by atoms with Crippen LogP contribution in [0.25, 0.3) is 0 Å².